The van der Waals surface area contributed by atoms with Crippen molar-refractivity contribution >= 4 is 50.4 Å². The van der Waals surface area contributed by atoms with E-state index in [0.29, 0.717) is 49.9 Å². The molecule has 0 aliphatic carbocycles. The molecule has 0 saturated carbocycles. The van der Waals surface area contributed by atoms with Crippen LogP contribution in [0.5, 0.6) is 5.75 Å². The molecule has 0 radical (unpaired) electrons. The molecule has 2 N–H and O–H groups in total. The number of rotatable bonds is 4. The summed E-state index contributed by atoms with van der Waals surface area (Å²) >= 11 is 0. The molecule has 2 aromatic carbocycles. The van der Waals surface area contributed by atoms with Gasteiger partial charge < -0.3 is 19.9 Å². The van der Waals surface area contributed by atoms with Crippen LogP contribution in [0.15, 0.2) is 45.9 Å². The molecule has 5 aromatic rings. The molecule has 0 unspecified atom stereocenters. The Labute approximate surface area is 174 Å². The monoisotopic (exact) mass is 419 g/mol. The van der Waals surface area contributed by atoms with E-state index in [9.17, 15) is 9.18 Å². The Bertz CT molecular complexity index is 1620. The predicted molar refractivity (Wildman–Crippen MR) is 118 cm³/mol. The second kappa shape index (κ2) is 6.69. The fourth-order valence-electron chi connectivity index (χ4n) is 4.06. The van der Waals surface area contributed by atoms with Gasteiger partial charge in [-0.3, -0.25) is 14.0 Å². The lowest BCUT2D eigenvalue weighted by Gasteiger charge is -2.12. The van der Waals surface area contributed by atoms with E-state index in [1.807, 2.05) is 0 Å². The quantitative estimate of drug-likeness (QED) is 0.435. The minimum Gasteiger partial charge on any atom is -0.496 e. The summed E-state index contributed by atoms with van der Waals surface area (Å²) in [5.74, 6) is -0.0641. The molecule has 156 valence electrons. The molecular weight excluding hydrogens is 401 g/mol. The fourth-order valence-corrected chi connectivity index (χ4v) is 4.06. The van der Waals surface area contributed by atoms with E-state index in [0.717, 1.165) is 0 Å². The van der Waals surface area contributed by atoms with Gasteiger partial charge in [-0.1, -0.05) is 0 Å². The SMILES string of the molecule is CN/C=C(\C=N)c1c(OC)cc2ncc3c4c2c1oc1cc(F)ccc1n4c(=O)n3C. The van der Waals surface area contributed by atoms with Crippen LogP contribution in [0.4, 0.5) is 4.39 Å². The molecule has 0 aliphatic rings. The van der Waals surface area contributed by atoms with Crippen molar-refractivity contribution in [3.8, 4) is 5.75 Å². The van der Waals surface area contributed by atoms with Gasteiger partial charge in [0.05, 0.1) is 46.3 Å². The Balaban J connectivity index is 2.22. The van der Waals surface area contributed by atoms with Crippen molar-refractivity contribution in [3.63, 3.8) is 0 Å². The number of methoxy groups -OCH3 is 1. The Kier molecular flexibility index (Phi) is 4.07. The second-order valence-corrected chi connectivity index (χ2v) is 7.09. The summed E-state index contributed by atoms with van der Waals surface area (Å²) in [7, 11) is 4.89. The lowest BCUT2D eigenvalue weighted by atomic mass is 10.0. The van der Waals surface area contributed by atoms with Gasteiger partial charge in [0, 0.05) is 44.2 Å². The number of halogens is 1. The summed E-state index contributed by atoms with van der Waals surface area (Å²) in [5, 5.41) is 11.4. The number of hydrogen-bond donors (Lipinski definition) is 2. The van der Waals surface area contributed by atoms with Gasteiger partial charge in [0.25, 0.3) is 0 Å². The largest absolute Gasteiger partial charge is 0.496 e. The molecule has 0 saturated heterocycles. The fraction of sp³-hybridized carbons (Fsp3) is 0.136. The average molecular weight is 419 g/mol. The number of aromatic nitrogens is 3. The van der Waals surface area contributed by atoms with Gasteiger partial charge in [0.1, 0.15) is 11.6 Å². The van der Waals surface area contributed by atoms with Gasteiger partial charge >= 0.3 is 5.69 Å². The maximum absolute atomic E-state index is 14.2. The summed E-state index contributed by atoms with van der Waals surface area (Å²) in [4.78, 5) is 17.7. The number of fused-ring (bicyclic) bond motifs is 2. The third kappa shape index (κ3) is 2.49. The average Bonchev–Trinajstić information content (AvgIpc) is 2.92. The number of imidazole rings is 1. The minimum absolute atomic E-state index is 0.176. The van der Waals surface area contributed by atoms with E-state index in [1.54, 1.807) is 32.6 Å². The first-order valence-electron chi connectivity index (χ1n) is 9.47. The van der Waals surface area contributed by atoms with Gasteiger partial charge in [-0.25, -0.2) is 9.18 Å². The number of pyridine rings is 1. The molecule has 0 amide bonds. The molecule has 5 rings (SSSR count). The highest BCUT2D eigenvalue weighted by Crippen LogP contribution is 2.39. The van der Waals surface area contributed by atoms with Crippen LogP contribution in [0, 0.1) is 11.2 Å². The van der Waals surface area contributed by atoms with Gasteiger partial charge in [-0.05, 0) is 12.1 Å². The number of ether oxygens (including phenoxy) is 1. The second-order valence-electron chi connectivity index (χ2n) is 7.09. The molecule has 9 heteroatoms. The molecule has 8 nitrogen and oxygen atoms in total. The van der Waals surface area contributed by atoms with E-state index in [2.05, 4.69) is 10.3 Å². The summed E-state index contributed by atoms with van der Waals surface area (Å²) in [6, 6.07) is 5.78. The molecule has 0 spiro atoms. The first kappa shape index (κ1) is 18.9. The number of nitrogens with one attached hydrogen (secondary N) is 2. The molecule has 0 bridgehead atoms. The summed E-state index contributed by atoms with van der Waals surface area (Å²) in [5.41, 5.74) is 3.34. The molecule has 0 fully saturated rings. The summed E-state index contributed by atoms with van der Waals surface area (Å²) < 4.78 is 29.0. The van der Waals surface area contributed by atoms with Crippen LogP contribution in [-0.2, 0) is 7.05 Å². The van der Waals surface area contributed by atoms with Crippen LogP contribution < -0.4 is 15.7 Å². The van der Waals surface area contributed by atoms with E-state index < -0.39 is 5.82 Å². The first-order valence-corrected chi connectivity index (χ1v) is 9.47. The van der Waals surface area contributed by atoms with Crippen LogP contribution in [0.1, 0.15) is 5.56 Å². The molecule has 0 aliphatic heterocycles. The van der Waals surface area contributed by atoms with Crippen molar-refractivity contribution in [2.24, 2.45) is 7.05 Å². The molecule has 3 heterocycles. The molecule has 3 aromatic heterocycles. The number of hydrogen-bond acceptors (Lipinski definition) is 6. The van der Waals surface area contributed by atoms with Gasteiger partial charge in [-0.2, -0.15) is 0 Å². The van der Waals surface area contributed by atoms with Gasteiger partial charge in [0.15, 0.2) is 11.2 Å². The third-order valence-electron chi connectivity index (χ3n) is 5.43. The summed E-state index contributed by atoms with van der Waals surface area (Å²) in [6.45, 7) is 0. The zero-order valence-corrected chi connectivity index (χ0v) is 17.0. The maximum Gasteiger partial charge on any atom is 0.333 e. The van der Waals surface area contributed by atoms with Crippen LogP contribution in [0.3, 0.4) is 0 Å². The van der Waals surface area contributed by atoms with Gasteiger partial charge in [-0.15, -0.1) is 0 Å². The standard InChI is InChI=1S/C22H18FN5O3/c1-25-9-11(8-24)18-17(30-3)7-13-19-20-15(10-26-13)27(2)22(29)28(20)14-5-4-12(23)6-16(14)31-21(18)19/h4-10,24-25H,1-3H3/b11-9+,24-8?. The van der Waals surface area contributed by atoms with Crippen LogP contribution >= 0.6 is 0 Å². The van der Waals surface area contributed by atoms with Crippen LogP contribution in [0.2, 0.25) is 0 Å². The first-order chi connectivity index (χ1) is 15.0. The highest BCUT2D eigenvalue weighted by molar-refractivity contribution is 6.20. The lowest BCUT2D eigenvalue weighted by molar-refractivity contribution is 0.414. The van der Waals surface area contributed by atoms with Crippen molar-refractivity contribution in [2.45, 2.75) is 0 Å². The Morgan fingerprint density at radius 1 is 1.32 bits per heavy atom. The maximum atomic E-state index is 14.2. The molecular formula is C22H18FN5O3. The number of nitrogens with zero attached hydrogens (tertiary/aromatic N) is 3. The van der Waals surface area contributed by atoms with E-state index >= 15 is 0 Å². The lowest BCUT2D eigenvalue weighted by Crippen LogP contribution is -2.17. The van der Waals surface area contributed by atoms with E-state index in [1.165, 1.54) is 40.5 Å². The highest BCUT2D eigenvalue weighted by atomic mass is 19.1. The normalized spacial score (nSPS) is 12.3. The Hall–Kier alpha value is -4.14. The van der Waals surface area contributed by atoms with Gasteiger partial charge in [0.2, 0.25) is 0 Å². The van der Waals surface area contributed by atoms with Crippen molar-refractivity contribution in [3.05, 3.63) is 58.5 Å². The topological polar surface area (TPSA) is 97.6 Å². The minimum atomic E-state index is -0.498. The van der Waals surface area contributed by atoms with Crippen molar-refractivity contribution in [2.75, 3.05) is 14.2 Å². The van der Waals surface area contributed by atoms with Crippen molar-refractivity contribution in [1.82, 2.24) is 19.3 Å². The number of benzene rings is 2. The third-order valence-corrected chi connectivity index (χ3v) is 5.43. The zero-order valence-electron chi connectivity index (χ0n) is 17.0. The molecule has 0 atom stereocenters. The Morgan fingerprint density at radius 3 is 2.84 bits per heavy atom. The predicted octanol–water partition coefficient (Wildman–Crippen LogP) is 3.44. The van der Waals surface area contributed by atoms with E-state index in [-0.39, 0.29) is 11.3 Å². The van der Waals surface area contributed by atoms with E-state index in [4.69, 9.17) is 14.6 Å². The molecule has 31 heavy (non-hydrogen) atoms. The van der Waals surface area contributed by atoms with Crippen molar-refractivity contribution in [1.29, 1.82) is 5.41 Å². The van der Waals surface area contributed by atoms with Crippen molar-refractivity contribution < 1.29 is 13.5 Å². The van der Waals surface area contributed by atoms with Crippen LogP contribution in [0.25, 0.3) is 44.2 Å². The number of allylic oxidation sites excluding steroid dienone is 1. The zero-order chi connectivity index (χ0) is 21.9. The Morgan fingerprint density at radius 2 is 2.13 bits per heavy atom. The smallest absolute Gasteiger partial charge is 0.333 e. The van der Waals surface area contributed by atoms with Crippen LogP contribution in [-0.4, -0.2) is 34.3 Å². The highest BCUT2D eigenvalue weighted by Gasteiger charge is 2.23. The summed E-state index contributed by atoms with van der Waals surface area (Å²) in [6.07, 6.45) is 4.43. The number of aryl methyl sites for hydroxylation is 1.